The molecule has 1 aromatic carbocycles. The lowest BCUT2D eigenvalue weighted by molar-refractivity contribution is -0.127. The van der Waals surface area contributed by atoms with Crippen LogP contribution in [-0.4, -0.2) is 35.1 Å². The quantitative estimate of drug-likeness (QED) is 0.780. The highest BCUT2D eigenvalue weighted by atomic mass is 32.1. The predicted molar refractivity (Wildman–Crippen MR) is 98.6 cm³/mol. The lowest BCUT2D eigenvalue weighted by Crippen LogP contribution is -2.48. The van der Waals surface area contributed by atoms with Gasteiger partial charge in [0.1, 0.15) is 22.7 Å². The van der Waals surface area contributed by atoms with Gasteiger partial charge in [-0.3, -0.25) is 4.79 Å². The highest BCUT2D eigenvalue weighted by Gasteiger charge is 2.32. The Morgan fingerprint density at radius 3 is 3.12 bits per heavy atom. The fraction of sp³-hybridized carbons (Fsp3) is 0.278. The first kappa shape index (κ1) is 15.8. The van der Waals surface area contributed by atoms with Gasteiger partial charge in [-0.15, -0.1) is 11.3 Å². The number of rotatable bonds is 4. The van der Waals surface area contributed by atoms with E-state index in [0.717, 1.165) is 28.1 Å². The van der Waals surface area contributed by atoms with Crippen LogP contribution in [0, 0.1) is 0 Å². The van der Waals surface area contributed by atoms with E-state index in [9.17, 15) is 4.79 Å². The van der Waals surface area contributed by atoms with E-state index in [0.29, 0.717) is 18.8 Å². The molecule has 0 aliphatic carbocycles. The number of amides is 1. The van der Waals surface area contributed by atoms with Crippen LogP contribution in [0.15, 0.2) is 42.0 Å². The van der Waals surface area contributed by atoms with Crippen molar-refractivity contribution in [1.29, 1.82) is 0 Å². The number of anilines is 2. The summed E-state index contributed by atoms with van der Waals surface area (Å²) in [5.41, 5.74) is 0.910. The molecule has 0 unspecified atom stereocenters. The number of carbonyl (C=O) groups excluding carboxylic acids is 1. The Kier molecular flexibility index (Phi) is 4.23. The van der Waals surface area contributed by atoms with Crippen molar-refractivity contribution >= 4 is 39.0 Å². The van der Waals surface area contributed by atoms with E-state index in [-0.39, 0.29) is 5.91 Å². The second-order valence-corrected chi connectivity index (χ2v) is 6.71. The number of carbonyl (C=O) groups is 1. The first-order chi connectivity index (χ1) is 12.3. The van der Waals surface area contributed by atoms with E-state index in [1.54, 1.807) is 17.7 Å². The van der Waals surface area contributed by atoms with Gasteiger partial charge in [0.05, 0.1) is 17.6 Å². The Labute approximate surface area is 149 Å². The Bertz CT molecular complexity index is 911. The van der Waals surface area contributed by atoms with Gasteiger partial charge in [-0.2, -0.15) is 0 Å². The fourth-order valence-corrected chi connectivity index (χ4v) is 3.65. The number of ether oxygens (including phenoxy) is 1. The zero-order chi connectivity index (χ0) is 17.2. The first-order valence-corrected chi connectivity index (χ1v) is 9.15. The molecule has 3 heterocycles. The summed E-state index contributed by atoms with van der Waals surface area (Å²) in [6.07, 6.45) is 1.88. The highest BCUT2D eigenvalue weighted by molar-refractivity contribution is 7.16. The number of hydrogen-bond donors (Lipinski definition) is 1. The van der Waals surface area contributed by atoms with Crippen LogP contribution in [0.25, 0.3) is 10.2 Å². The zero-order valence-electron chi connectivity index (χ0n) is 13.8. The third kappa shape index (κ3) is 2.91. The van der Waals surface area contributed by atoms with Crippen molar-refractivity contribution in [3.05, 3.63) is 42.0 Å². The molecule has 6 nitrogen and oxygen atoms in total. The predicted octanol–water partition coefficient (Wildman–Crippen LogP) is 3.12. The van der Waals surface area contributed by atoms with E-state index in [2.05, 4.69) is 15.3 Å². The third-order valence-electron chi connectivity index (χ3n) is 4.11. The van der Waals surface area contributed by atoms with E-state index >= 15 is 0 Å². The smallest absolute Gasteiger partial charge is 0.262 e. The summed E-state index contributed by atoms with van der Waals surface area (Å²) < 4.78 is 5.94. The Morgan fingerprint density at radius 2 is 2.24 bits per heavy atom. The summed E-state index contributed by atoms with van der Waals surface area (Å²) in [5.74, 6) is 1.39. The fourth-order valence-electron chi connectivity index (χ4n) is 2.93. The molecule has 128 valence electrons. The van der Waals surface area contributed by atoms with Gasteiger partial charge in [-0.05, 0) is 30.0 Å². The number of benzene rings is 1. The van der Waals surface area contributed by atoms with Crippen LogP contribution in [0.3, 0.4) is 0 Å². The maximum atomic E-state index is 12.5. The molecule has 1 aliphatic heterocycles. The summed E-state index contributed by atoms with van der Waals surface area (Å²) >= 11 is 1.58. The second-order valence-electron chi connectivity index (χ2n) is 5.81. The molecule has 2 aromatic heterocycles. The van der Waals surface area contributed by atoms with Crippen LogP contribution < -0.4 is 15.0 Å². The third-order valence-corrected chi connectivity index (χ3v) is 4.93. The summed E-state index contributed by atoms with van der Waals surface area (Å²) in [6, 6.07) is 9.74. The molecule has 1 N–H and O–H groups in total. The van der Waals surface area contributed by atoms with Gasteiger partial charge in [0.15, 0.2) is 6.10 Å². The minimum Gasteiger partial charge on any atom is -0.477 e. The molecule has 0 saturated heterocycles. The molecule has 0 bridgehead atoms. The summed E-state index contributed by atoms with van der Waals surface area (Å²) in [4.78, 5) is 24.3. The van der Waals surface area contributed by atoms with Crippen molar-refractivity contribution in [1.82, 2.24) is 15.3 Å². The number of nitrogens with zero attached hydrogens (tertiary/aromatic N) is 3. The maximum Gasteiger partial charge on any atom is 0.262 e. The molecule has 0 saturated carbocycles. The van der Waals surface area contributed by atoms with E-state index < -0.39 is 6.10 Å². The van der Waals surface area contributed by atoms with E-state index in [4.69, 9.17) is 4.74 Å². The maximum absolute atomic E-state index is 12.5. The van der Waals surface area contributed by atoms with Gasteiger partial charge in [-0.25, -0.2) is 9.97 Å². The van der Waals surface area contributed by atoms with Crippen molar-refractivity contribution in [3.63, 3.8) is 0 Å². The van der Waals surface area contributed by atoms with Gasteiger partial charge in [0, 0.05) is 6.54 Å². The molecule has 1 atom stereocenters. The van der Waals surface area contributed by atoms with Gasteiger partial charge >= 0.3 is 0 Å². The number of nitrogens with one attached hydrogen (secondary N) is 1. The van der Waals surface area contributed by atoms with Crippen LogP contribution in [0.1, 0.15) is 13.3 Å². The minimum absolute atomic E-state index is 0.100. The van der Waals surface area contributed by atoms with Gasteiger partial charge in [0.25, 0.3) is 5.91 Å². The Hall–Kier alpha value is -2.67. The molecule has 3 aromatic rings. The SMILES string of the molecule is CCCNC(=O)[C@H]1CN(c2ncnc3sccc23)c2ccccc2O1. The Morgan fingerprint density at radius 1 is 1.36 bits per heavy atom. The van der Waals surface area contributed by atoms with Crippen LogP contribution in [0.2, 0.25) is 0 Å². The summed E-state index contributed by atoms with van der Waals surface area (Å²) in [5, 5.41) is 5.90. The number of para-hydroxylation sites is 2. The highest BCUT2D eigenvalue weighted by Crippen LogP contribution is 2.39. The number of fused-ring (bicyclic) bond motifs is 2. The minimum atomic E-state index is -0.579. The van der Waals surface area contributed by atoms with Crippen LogP contribution in [0.5, 0.6) is 5.75 Å². The van der Waals surface area contributed by atoms with Crippen molar-refractivity contribution in [3.8, 4) is 5.75 Å². The second kappa shape index (κ2) is 6.68. The lowest BCUT2D eigenvalue weighted by Gasteiger charge is -2.35. The van der Waals surface area contributed by atoms with Gasteiger partial charge in [-0.1, -0.05) is 19.1 Å². The molecule has 1 amide bonds. The van der Waals surface area contributed by atoms with Crippen molar-refractivity contribution in [2.45, 2.75) is 19.4 Å². The van der Waals surface area contributed by atoms with Crippen LogP contribution in [0.4, 0.5) is 11.5 Å². The van der Waals surface area contributed by atoms with Crippen molar-refractivity contribution in [2.24, 2.45) is 0 Å². The average Bonchev–Trinajstić information content (AvgIpc) is 3.14. The zero-order valence-corrected chi connectivity index (χ0v) is 14.6. The molecule has 25 heavy (non-hydrogen) atoms. The molecule has 0 fully saturated rings. The Balaban J connectivity index is 1.75. The molecule has 0 spiro atoms. The average molecular weight is 354 g/mol. The lowest BCUT2D eigenvalue weighted by atomic mass is 10.1. The van der Waals surface area contributed by atoms with Crippen LogP contribution in [-0.2, 0) is 4.79 Å². The van der Waals surface area contributed by atoms with Gasteiger partial charge < -0.3 is 15.0 Å². The summed E-state index contributed by atoms with van der Waals surface area (Å²) in [6.45, 7) is 3.08. The normalized spacial score (nSPS) is 16.4. The van der Waals surface area contributed by atoms with Crippen molar-refractivity contribution < 1.29 is 9.53 Å². The van der Waals surface area contributed by atoms with Gasteiger partial charge in [0.2, 0.25) is 0 Å². The van der Waals surface area contributed by atoms with Crippen LogP contribution >= 0.6 is 11.3 Å². The number of thiophene rings is 1. The molecule has 4 rings (SSSR count). The molecule has 1 aliphatic rings. The monoisotopic (exact) mass is 354 g/mol. The molecule has 7 heteroatoms. The molecule has 0 radical (unpaired) electrons. The number of hydrogen-bond acceptors (Lipinski definition) is 6. The summed E-state index contributed by atoms with van der Waals surface area (Å²) in [7, 11) is 0. The molecular weight excluding hydrogens is 336 g/mol. The van der Waals surface area contributed by atoms with E-state index in [1.165, 1.54) is 0 Å². The topological polar surface area (TPSA) is 67.4 Å². The standard InChI is InChI=1S/C18H18N4O2S/c1-2-8-19-17(23)15-10-22(13-5-3-4-6-14(13)24-15)16-12-7-9-25-18(12)21-11-20-16/h3-7,9,11,15H,2,8,10H2,1H3,(H,19,23)/t15-/m1/s1. The number of aromatic nitrogens is 2. The van der Waals surface area contributed by atoms with E-state index in [1.807, 2.05) is 47.5 Å². The first-order valence-electron chi connectivity index (χ1n) is 8.27. The largest absolute Gasteiger partial charge is 0.477 e. The molecular formula is C18H18N4O2S. The van der Waals surface area contributed by atoms with Crippen molar-refractivity contribution in [2.75, 3.05) is 18.0 Å².